The number of benzene rings is 1. The van der Waals surface area contributed by atoms with E-state index < -0.39 is 5.97 Å². The molecule has 0 radical (unpaired) electrons. The minimum absolute atomic E-state index is 0.0727. The van der Waals surface area contributed by atoms with E-state index in [1.165, 1.54) is 18.1 Å². The third-order valence-electron chi connectivity index (χ3n) is 4.92. The lowest BCUT2D eigenvalue weighted by atomic mass is 10.1. The highest BCUT2D eigenvalue weighted by Gasteiger charge is 2.22. The summed E-state index contributed by atoms with van der Waals surface area (Å²) in [5.41, 5.74) is 1.27. The van der Waals surface area contributed by atoms with Gasteiger partial charge in [0, 0.05) is 32.2 Å². The van der Waals surface area contributed by atoms with Crippen molar-refractivity contribution in [2.24, 2.45) is 0 Å². The Morgan fingerprint density at radius 1 is 1.23 bits per heavy atom. The summed E-state index contributed by atoms with van der Waals surface area (Å²) in [4.78, 5) is 15.7. The summed E-state index contributed by atoms with van der Waals surface area (Å²) in [5.74, 6) is 0.0905. The lowest BCUT2D eigenvalue weighted by Crippen LogP contribution is -2.50. The third kappa shape index (κ3) is 4.65. The largest absolute Gasteiger partial charge is 0.486 e. The van der Waals surface area contributed by atoms with Crippen molar-refractivity contribution in [3.63, 3.8) is 0 Å². The van der Waals surface area contributed by atoms with Crippen molar-refractivity contribution in [2.45, 2.75) is 32.5 Å². The van der Waals surface area contributed by atoms with Crippen LogP contribution >= 0.6 is 0 Å². The second-order valence-corrected chi connectivity index (χ2v) is 6.78. The first-order valence-corrected chi connectivity index (χ1v) is 9.01. The van der Waals surface area contributed by atoms with Crippen molar-refractivity contribution in [1.82, 2.24) is 9.80 Å². The first-order chi connectivity index (χ1) is 12.5. The molecule has 0 bridgehead atoms. The highest BCUT2D eigenvalue weighted by molar-refractivity contribution is 5.84. The van der Waals surface area contributed by atoms with Crippen LogP contribution in [0.5, 0.6) is 5.75 Å². The SMILES string of the molecule is CCC1CN(Cc2ccc(OCc3ccc(C(=O)O)o3)cc2)CCN1C. The van der Waals surface area contributed by atoms with Crippen molar-refractivity contribution in [1.29, 1.82) is 0 Å². The van der Waals surface area contributed by atoms with Gasteiger partial charge in [0.05, 0.1) is 0 Å². The molecule has 1 aromatic carbocycles. The minimum Gasteiger partial charge on any atom is -0.486 e. The highest BCUT2D eigenvalue weighted by Crippen LogP contribution is 2.18. The number of furan rings is 1. The summed E-state index contributed by atoms with van der Waals surface area (Å²) >= 11 is 0. The Hall–Kier alpha value is -2.31. The van der Waals surface area contributed by atoms with E-state index in [0.717, 1.165) is 31.9 Å². The molecule has 6 heteroatoms. The average molecular weight is 358 g/mol. The molecular formula is C20H26N2O4. The van der Waals surface area contributed by atoms with Gasteiger partial charge in [-0.15, -0.1) is 0 Å². The van der Waals surface area contributed by atoms with E-state index in [4.69, 9.17) is 14.3 Å². The Morgan fingerprint density at radius 2 is 2.00 bits per heavy atom. The van der Waals surface area contributed by atoms with Crippen molar-refractivity contribution in [2.75, 3.05) is 26.7 Å². The molecule has 2 heterocycles. The van der Waals surface area contributed by atoms with Crippen LogP contribution in [0, 0.1) is 0 Å². The van der Waals surface area contributed by atoms with Crippen molar-refractivity contribution >= 4 is 5.97 Å². The Bertz CT molecular complexity index is 726. The number of carboxylic acid groups (broad SMARTS) is 1. The molecule has 1 N–H and O–H groups in total. The van der Waals surface area contributed by atoms with E-state index in [0.29, 0.717) is 11.8 Å². The fourth-order valence-electron chi connectivity index (χ4n) is 3.27. The van der Waals surface area contributed by atoms with Crippen LogP contribution in [0.4, 0.5) is 0 Å². The van der Waals surface area contributed by atoms with Crippen LogP contribution in [0.1, 0.15) is 35.2 Å². The molecule has 1 fully saturated rings. The van der Waals surface area contributed by atoms with Gasteiger partial charge >= 0.3 is 5.97 Å². The molecule has 0 spiro atoms. The fraction of sp³-hybridized carbons (Fsp3) is 0.450. The molecule has 0 aliphatic carbocycles. The monoisotopic (exact) mass is 358 g/mol. The number of hydrogen-bond acceptors (Lipinski definition) is 5. The number of rotatable bonds is 7. The predicted molar refractivity (Wildman–Crippen MR) is 98.4 cm³/mol. The molecule has 1 unspecified atom stereocenters. The van der Waals surface area contributed by atoms with Crippen LogP contribution < -0.4 is 4.74 Å². The van der Waals surface area contributed by atoms with E-state index in [1.807, 2.05) is 12.1 Å². The molecule has 1 aromatic heterocycles. The molecule has 3 rings (SSSR count). The van der Waals surface area contributed by atoms with Crippen molar-refractivity contribution < 1.29 is 19.1 Å². The summed E-state index contributed by atoms with van der Waals surface area (Å²) in [5, 5.41) is 8.85. The highest BCUT2D eigenvalue weighted by atomic mass is 16.5. The lowest BCUT2D eigenvalue weighted by molar-refractivity contribution is 0.0658. The molecule has 1 aliphatic rings. The van der Waals surface area contributed by atoms with Crippen LogP contribution in [0.2, 0.25) is 0 Å². The minimum atomic E-state index is -1.07. The van der Waals surface area contributed by atoms with Crippen LogP contribution in [-0.2, 0) is 13.2 Å². The zero-order valence-electron chi connectivity index (χ0n) is 15.4. The van der Waals surface area contributed by atoms with Gasteiger partial charge < -0.3 is 19.2 Å². The first-order valence-electron chi connectivity index (χ1n) is 9.01. The summed E-state index contributed by atoms with van der Waals surface area (Å²) in [7, 11) is 2.20. The zero-order valence-corrected chi connectivity index (χ0v) is 15.4. The summed E-state index contributed by atoms with van der Waals surface area (Å²) in [6.45, 7) is 6.72. The Labute approximate surface area is 154 Å². The lowest BCUT2D eigenvalue weighted by Gasteiger charge is -2.39. The van der Waals surface area contributed by atoms with E-state index in [-0.39, 0.29) is 12.4 Å². The average Bonchev–Trinajstić information content (AvgIpc) is 3.12. The Kier molecular flexibility index (Phi) is 5.96. The molecule has 140 valence electrons. The number of hydrogen-bond donors (Lipinski definition) is 1. The van der Waals surface area contributed by atoms with E-state index >= 15 is 0 Å². The topological polar surface area (TPSA) is 66.1 Å². The van der Waals surface area contributed by atoms with Gasteiger partial charge in [-0.05, 0) is 43.3 Å². The van der Waals surface area contributed by atoms with Gasteiger partial charge in [0.2, 0.25) is 5.76 Å². The van der Waals surface area contributed by atoms with Crippen molar-refractivity contribution in [3.8, 4) is 5.75 Å². The molecule has 0 amide bonds. The van der Waals surface area contributed by atoms with Crippen LogP contribution in [0.3, 0.4) is 0 Å². The normalized spacial score (nSPS) is 18.8. The number of carbonyl (C=O) groups is 1. The van der Waals surface area contributed by atoms with Gasteiger partial charge in [-0.1, -0.05) is 19.1 Å². The van der Waals surface area contributed by atoms with E-state index in [2.05, 4.69) is 35.9 Å². The Morgan fingerprint density at radius 3 is 2.65 bits per heavy atom. The van der Waals surface area contributed by atoms with Crippen molar-refractivity contribution in [3.05, 3.63) is 53.5 Å². The maximum atomic E-state index is 10.8. The summed E-state index contributed by atoms with van der Waals surface area (Å²) in [6.07, 6.45) is 1.18. The van der Waals surface area contributed by atoms with Crippen LogP contribution in [-0.4, -0.2) is 53.6 Å². The van der Waals surface area contributed by atoms with Gasteiger partial charge in [-0.3, -0.25) is 4.90 Å². The summed E-state index contributed by atoms with van der Waals surface area (Å²) < 4.78 is 10.9. The maximum absolute atomic E-state index is 10.8. The maximum Gasteiger partial charge on any atom is 0.371 e. The zero-order chi connectivity index (χ0) is 18.5. The van der Waals surface area contributed by atoms with Crippen LogP contribution in [0.15, 0.2) is 40.8 Å². The van der Waals surface area contributed by atoms with E-state index in [9.17, 15) is 4.79 Å². The summed E-state index contributed by atoms with van der Waals surface area (Å²) in [6, 6.07) is 11.8. The standard InChI is InChI=1S/C20H26N2O4/c1-3-16-13-22(11-10-21(16)2)12-15-4-6-17(7-5-15)25-14-18-8-9-19(26-18)20(23)24/h4-9,16H,3,10-14H2,1-2H3,(H,23,24). The van der Waals surface area contributed by atoms with Gasteiger partial charge in [0.25, 0.3) is 0 Å². The fourth-order valence-corrected chi connectivity index (χ4v) is 3.27. The second-order valence-electron chi connectivity index (χ2n) is 6.78. The molecule has 0 saturated carbocycles. The molecule has 26 heavy (non-hydrogen) atoms. The molecular weight excluding hydrogens is 332 g/mol. The number of carboxylic acids is 1. The number of ether oxygens (including phenoxy) is 1. The quantitative estimate of drug-likeness (QED) is 0.820. The number of nitrogens with zero attached hydrogens (tertiary/aromatic N) is 2. The second kappa shape index (κ2) is 8.38. The molecule has 1 aliphatic heterocycles. The van der Waals surface area contributed by atoms with Gasteiger partial charge in [-0.2, -0.15) is 0 Å². The van der Waals surface area contributed by atoms with Gasteiger partial charge in [0.1, 0.15) is 18.1 Å². The molecule has 1 atom stereocenters. The molecule has 6 nitrogen and oxygen atoms in total. The Balaban J connectivity index is 1.51. The number of likely N-dealkylation sites (N-methyl/N-ethyl adjacent to an activating group) is 1. The molecule has 1 saturated heterocycles. The van der Waals surface area contributed by atoms with E-state index in [1.54, 1.807) is 6.07 Å². The van der Waals surface area contributed by atoms with Gasteiger partial charge in [0.15, 0.2) is 0 Å². The number of piperazine rings is 1. The first kappa shape index (κ1) is 18.5. The third-order valence-corrected chi connectivity index (χ3v) is 4.92. The number of aromatic carboxylic acids is 1. The molecule has 2 aromatic rings. The van der Waals surface area contributed by atoms with Gasteiger partial charge in [-0.25, -0.2) is 4.79 Å². The van der Waals surface area contributed by atoms with Crippen LogP contribution in [0.25, 0.3) is 0 Å². The predicted octanol–water partition coefficient (Wildman–Crippen LogP) is 3.08. The smallest absolute Gasteiger partial charge is 0.371 e.